The number of hydrogen-bond acceptors (Lipinski definition) is 6. The third-order valence-corrected chi connectivity index (χ3v) is 4.61. The van der Waals surface area contributed by atoms with Crippen LogP contribution < -0.4 is 9.47 Å². The van der Waals surface area contributed by atoms with E-state index >= 15 is 0 Å². The summed E-state index contributed by atoms with van der Waals surface area (Å²) in [4.78, 5) is 17.4. The first-order valence-corrected chi connectivity index (χ1v) is 10.0. The molecule has 0 N–H and O–H groups in total. The molecule has 0 saturated carbocycles. The van der Waals surface area contributed by atoms with Crippen molar-refractivity contribution in [1.29, 1.82) is 0 Å². The SMILES string of the molecule is c1ccc(-c2cc(Oc3ccc(Oc4ccnc(-c5ccccn5)c4)cc3)ccn2)nc1. The minimum Gasteiger partial charge on any atom is -0.457 e. The van der Waals surface area contributed by atoms with Crippen LogP contribution in [0, 0.1) is 0 Å². The monoisotopic (exact) mass is 418 g/mol. The van der Waals surface area contributed by atoms with Crippen LogP contribution in [0.3, 0.4) is 0 Å². The Morgan fingerprint density at radius 1 is 0.375 bits per heavy atom. The zero-order valence-electron chi connectivity index (χ0n) is 17.0. The van der Waals surface area contributed by atoms with Gasteiger partial charge in [-0.1, -0.05) is 12.1 Å². The molecule has 0 fully saturated rings. The Kier molecular flexibility index (Phi) is 5.49. The van der Waals surface area contributed by atoms with E-state index in [4.69, 9.17) is 9.47 Å². The van der Waals surface area contributed by atoms with Crippen molar-refractivity contribution in [2.24, 2.45) is 0 Å². The summed E-state index contributed by atoms with van der Waals surface area (Å²) in [6, 6.07) is 26.2. The normalized spacial score (nSPS) is 10.5. The van der Waals surface area contributed by atoms with Crippen molar-refractivity contribution in [2.75, 3.05) is 0 Å². The standard InChI is InChI=1S/C26H18N4O2/c1-3-13-27-23(5-1)25-17-21(11-15-29-25)31-19-7-9-20(10-8-19)32-22-12-16-30-26(18-22)24-6-2-4-14-28-24/h1-18H. The van der Waals surface area contributed by atoms with E-state index < -0.39 is 0 Å². The molecule has 32 heavy (non-hydrogen) atoms. The highest BCUT2D eigenvalue weighted by molar-refractivity contribution is 5.57. The summed E-state index contributed by atoms with van der Waals surface area (Å²) < 4.78 is 12.0. The van der Waals surface area contributed by atoms with Crippen molar-refractivity contribution < 1.29 is 9.47 Å². The maximum absolute atomic E-state index is 5.98. The van der Waals surface area contributed by atoms with Gasteiger partial charge in [-0.25, -0.2) is 0 Å². The van der Waals surface area contributed by atoms with Gasteiger partial charge in [0.2, 0.25) is 0 Å². The van der Waals surface area contributed by atoms with Gasteiger partial charge < -0.3 is 9.47 Å². The number of ether oxygens (including phenoxy) is 2. The van der Waals surface area contributed by atoms with Crippen LogP contribution in [0.2, 0.25) is 0 Å². The van der Waals surface area contributed by atoms with Gasteiger partial charge >= 0.3 is 0 Å². The van der Waals surface area contributed by atoms with Crippen LogP contribution in [0.1, 0.15) is 0 Å². The molecule has 6 heteroatoms. The molecule has 0 aliphatic rings. The van der Waals surface area contributed by atoms with E-state index in [1.165, 1.54) is 0 Å². The molecule has 4 heterocycles. The number of pyridine rings is 4. The summed E-state index contributed by atoms with van der Waals surface area (Å²) in [5.74, 6) is 2.76. The van der Waals surface area contributed by atoms with Gasteiger partial charge in [0.05, 0.1) is 22.8 Å². The minimum absolute atomic E-state index is 0.684. The molecule has 0 aliphatic carbocycles. The Morgan fingerprint density at radius 2 is 0.812 bits per heavy atom. The first-order chi connectivity index (χ1) is 15.8. The molecular formula is C26H18N4O2. The van der Waals surface area contributed by atoms with Crippen molar-refractivity contribution in [2.45, 2.75) is 0 Å². The predicted octanol–water partition coefficient (Wildman–Crippen LogP) is 6.19. The second-order valence-electron chi connectivity index (χ2n) is 6.86. The highest BCUT2D eigenvalue weighted by atomic mass is 16.5. The molecule has 0 radical (unpaired) electrons. The third-order valence-electron chi connectivity index (χ3n) is 4.61. The van der Waals surface area contributed by atoms with Gasteiger partial charge in [-0.15, -0.1) is 0 Å². The van der Waals surface area contributed by atoms with Crippen LogP contribution >= 0.6 is 0 Å². The highest BCUT2D eigenvalue weighted by Gasteiger charge is 2.06. The van der Waals surface area contributed by atoms with Crippen LogP contribution in [0.15, 0.2) is 110 Å². The molecule has 0 saturated heterocycles. The lowest BCUT2D eigenvalue weighted by molar-refractivity contribution is 0.469. The first-order valence-electron chi connectivity index (χ1n) is 10.0. The fourth-order valence-electron chi connectivity index (χ4n) is 3.11. The summed E-state index contributed by atoms with van der Waals surface area (Å²) in [5, 5.41) is 0. The van der Waals surface area contributed by atoms with Gasteiger partial charge in [-0.05, 0) is 60.7 Å². The maximum Gasteiger partial charge on any atom is 0.131 e. The average Bonchev–Trinajstić information content (AvgIpc) is 2.87. The molecule has 0 unspecified atom stereocenters. The number of nitrogens with zero attached hydrogens (tertiary/aromatic N) is 4. The van der Waals surface area contributed by atoms with Gasteiger partial charge in [0.25, 0.3) is 0 Å². The maximum atomic E-state index is 5.98. The molecule has 0 amide bonds. The Bertz CT molecular complexity index is 1210. The molecule has 0 atom stereocenters. The molecule has 5 rings (SSSR count). The van der Waals surface area contributed by atoms with E-state index in [0.29, 0.717) is 23.0 Å². The van der Waals surface area contributed by atoms with Gasteiger partial charge in [0, 0.05) is 36.9 Å². The summed E-state index contributed by atoms with van der Waals surface area (Å²) in [6.45, 7) is 0. The predicted molar refractivity (Wildman–Crippen MR) is 122 cm³/mol. The smallest absolute Gasteiger partial charge is 0.131 e. The van der Waals surface area contributed by atoms with Crippen LogP contribution in [-0.4, -0.2) is 19.9 Å². The van der Waals surface area contributed by atoms with Gasteiger partial charge in [-0.3, -0.25) is 19.9 Å². The van der Waals surface area contributed by atoms with Crippen molar-refractivity contribution in [3.05, 3.63) is 110 Å². The van der Waals surface area contributed by atoms with Crippen molar-refractivity contribution in [1.82, 2.24) is 19.9 Å². The Morgan fingerprint density at radius 3 is 1.22 bits per heavy atom. The van der Waals surface area contributed by atoms with Crippen molar-refractivity contribution in [3.8, 4) is 45.8 Å². The zero-order valence-corrected chi connectivity index (χ0v) is 17.0. The van der Waals surface area contributed by atoms with E-state index in [1.807, 2.05) is 84.9 Å². The second-order valence-corrected chi connectivity index (χ2v) is 6.86. The number of benzene rings is 1. The van der Waals surface area contributed by atoms with E-state index in [1.54, 1.807) is 24.8 Å². The largest absolute Gasteiger partial charge is 0.457 e. The molecule has 5 aromatic rings. The molecule has 0 aliphatic heterocycles. The summed E-state index contributed by atoms with van der Waals surface area (Å²) in [6.07, 6.45) is 6.90. The first kappa shape index (κ1) is 19.4. The minimum atomic E-state index is 0.684. The number of aromatic nitrogens is 4. The Hall–Kier alpha value is -4.58. The fraction of sp³-hybridized carbons (Fsp3) is 0. The van der Waals surface area contributed by atoms with Crippen molar-refractivity contribution in [3.63, 3.8) is 0 Å². The Balaban J connectivity index is 1.28. The molecule has 0 bridgehead atoms. The zero-order chi connectivity index (χ0) is 21.6. The average molecular weight is 418 g/mol. The van der Waals surface area contributed by atoms with E-state index in [0.717, 1.165) is 22.8 Å². The molecule has 0 spiro atoms. The summed E-state index contributed by atoms with van der Waals surface area (Å²) in [7, 11) is 0. The lowest BCUT2D eigenvalue weighted by atomic mass is 10.2. The molecule has 4 aromatic heterocycles. The van der Waals surface area contributed by atoms with Gasteiger partial charge in [0.15, 0.2) is 0 Å². The molecule has 154 valence electrons. The lowest BCUT2D eigenvalue weighted by Gasteiger charge is -2.09. The molecule has 6 nitrogen and oxygen atoms in total. The summed E-state index contributed by atoms with van der Waals surface area (Å²) >= 11 is 0. The topological polar surface area (TPSA) is 70.0 Å². The molecular weight excluding hydrogens is 400 g/mol. The van der Waals surface area contributed by atoms with E-state index in [9.17, 15) is 0 Å². The molecule has 1 aromatic carbocycles. The Labute approximate surface area is 185 Å². The van der Waals surface area contributed by atoms with Crippen LogP contribution in [0.5, 0.6) is 23.0 Å². The third kappa shape index (κ3) is 4.60. The fourth-order valence-corrected chi connectivity index (χ4v) is 3.11. The van der Waals surface area contributed by atoms with Gasteiger partial charge in [-0.2, -0.15) is 0 Å². The van der Waals surface area contributed by atoms with Crippen molar-refractivity contribution >= 4 is 0 Å². The number of rotatable bonds is 6. The van der Waals surface area contributed by atoms with Crippen LogP contribution in [0.25, 0.3) is 22.8 Å². The van der Waals surface area contributed by atoms with Gasteiger partial charge in [0.1, 0.15) is 23.0 Å². The quantitative estimate of drug-likeness (QED) is 0.328. The van der Waals surface area contributed by atoms with E-state index in [-0.39, 0.29) is 0 Å². The number of hydrogen-bond donors (Lipinski definition) is 0. The summed E-state index contributed by atoms with van der Waals surface area (Å²) in [5.41, 5.74) is 3.10. The van der Waals surface area contributed by atoms with Crippen LogP contribution in [0.4, 0.5) is 0 Å². The lowest BCUT2D eigenvalue weighted by Crippen LogP contribution is -1.90. The highest BCUT2D eigenvalue weighted by Crippen LogP contribution is 2.29. The van der Waals surface area contributed by atoms with Crippen LogP contribution in [-0.2, 0) is 0 Å². The van der Waals surface area contributed by atoms with E-state index in [2.05, 4.69) is 19.9 Å². The second kappa shape index (κ2) is 9.06.